The van der Waals surface area contributed by atoms with Crippen molar-refractivity contribution < 1.29 is 9.53 Å². The SMILES string of the molecule is CCC1(C(=O)Nc2cnn(CCOC)c2)CCCNC1. The van der Waals surface area contributed by atoms with Gasteiger partial charge in [0, 0.05) is 19.9 Å². The number of ether oxygens (including phenoxy) is 1. The van der Waals surface area contributed by atoms with Gasteiger partial charge in [-0.25, -0.2) is 0 Å². The van der Waals surface area contributed by atoms with Crippen LogP contribution in [-0.2, 0) is 16.1 Å². The number of rotatable bonds is 6. The van der Waals surface area contributed by atoms with Crippen molar-refractivity contribution >= 4 is 11.6 Å². The molecule has 1 amide bonds. The number of nitrogens with one attached hydrogen (secondary N) is 2. The molecule has 0 radical (unpaired) electrons. The van der Waals surface area contributed by atoms with Crippen molar-refractivity contribution in [3.63, 3.8) is 0 Å². The number of amides is 1. The van der Waals surface area contributed by atoms with Gasteiger partial charge in [-0.3, -0.25) is 9.48 Å². The van der Waals surface area contributed by atoms with Gasteiger partial charge >= 0.3 is 0 Å². The molecule has 2 N–H and O–H groups in total. The lowest BCUT2D eigenvalue weighted by Gasteiger charge is -2.35. The van der Waals surface area contributed by atoms with E-state index in [9.17, 15) is 4.79 Å². The molecular weight excluding hydrogens is 256 g/mol. The normalized spacial score (nSPS) is 22.7. The number of nitrogens with zero attached hydrogens (tertiary/aromatic N) is 2. The van der Waals surface area contributed by atoms with Gasteiger partial charge in [0.1, 0.15) is 0 Å². The van der Waals surface area contributed by atoms with Crippen molar-refractivity contribution in [1.82, 2.24) is 15.1 Å². The molecular formula is C14H24N4O2. The van der Waals surface area contributed by atoms with E-state index < -0.39 is 0 Å². The molecule has 1 unspecified atom stereocenters. The first kappa shape index (κ1) is 15.0. The Morgan fingerprint density at radius 1 is 1.65 bits per heavy atom. The van der Waals surface area contributed by atoms with Gasteiger partial charge in [-0.1, -0.05) is 6.92 Å². The maximum absolute atomic E-state index is 12.5. The van der Waals surface area contributed by atoms with Crippen LogP contribution in [0.15, 0.2) is 12.4 Å². The molecule has 2 heterocycles. The molecule has 1 aliphatic heterocycles. The predicted molar refractivity (Wildman–Crippen MR) is 77.6 cm³/mol. The lowest BCUT2D eigenvalue weighted by atomic mass is 9.77. The van der Waals surface area contributed by atoms with Gasteiger partial charge in [0.25, 0.3) is 0 Å². The molecule has 1 aromatic heterocycles. The third-order valence-electron chi connectivity index (χ3n) is 4.05. The van der Waals surface area contributed by atoms with Gasteiger partial charge < -0.3 is 15.4 Å². The fourth-order valence-electron chi connectivity index (χ4n) is 2.62. The van der Waals surface area contributed by atoms with Gasteiger partial charge in [-0.05, 0) is 25.8 Å². The zero-order chi connectivity index (χ0) is 14.4. The number of aromatic nitrogens is 2. The predicted octanol–water partition coefficient (Wildman–Crippen LogP) is 1.25. The highest BCUT2D eigenvalue weighted by Crippen LogP contribution is 2.31. The average molecular weight is 280 g/mol. The molecule has 1 atom stereocenters. The first-order valence-electron chi connectivity index (χ1n) is 7.24. The fraction of sp³-hybridized carbons (Fsp3) is 0.714. The number of anilines is 1. The van der Waals surface area contributed by atoms with Crippen LogP contribution < -0.4 is 10.6 Å². The summed E-state index contributed by atoms with van der Waals surface area (Å²) in [6.45, 7) is 5.14. The molecule has 0 aliphatic carbocycles. The minimum Gasteiger partial charge on any atom is -0.383 e. The van der Waals surface area contributed by atoms with Crippen molar-refractivity contribution in [2.45, 2.75) is 32.7 Å². The van der Waals surface area contributed by atoms with Crippen LogP contribution in [0.25, 0.3) is 0 Å². The van der Waals surface area contributed by atoms with Crippen LogP contribution in [0.2, 0.25) is 0 Å². The summed E-state index contributed by atoms with van der Waals surface area (Å²) in [5.74, 6) is 0.0958. The summed E-state index contributed by atoms with van der Waals surface area (Å²) >= 11 is 0. The third-order valence-corrected chi connectivity index (χ3v) is 4.05. The van der Waals surface area contributed by atoms with Crippen LogP contribution in [0.1, 0.15) is 26.2 Å². The minimum atomic E-state index is -0.285. The van der Waals surface area contributed by atoms with Gasteiger partial charge in [0.15, 0.2) is 0 Å². The van der Waals surface area contributed by atoms with E-state index in [2.05, 4.69) is 22.7 Å². The quantitative estimate of drug-likeness (QED) is 0.823. The Balaban J connectivity index is 1.97. The molecule has 0 aromatic carbocycles. The molecule has 0 bridgehead atoms. The number of hydrogen-bond acceptors (Lipinski definition) is 4. The second-order valence-electron chi connectivity index (χ2n) is 5.35. The summed E-state index contributed by atoms with van der Waals surface area (Å²) < 4.78 is 6.78. The molecule has 6 heteroatoms. The van der Waals surface area contributed by atoms with E-state index in [0.717, 1.165) is 38.0 Å². The highest BCUT2D eigenvalue weighted by atomic mass is 16.5. The molecule has 2 rings (SSSR count). The van der Waals surface area contributed by atoms with Crippen LogP contribution in [0.4, 0.5) is 5.69 Å². The van der Waals surface area contributed by atoms with Crippen LogP contribution in [0.3, 0.4) is 0 Å². The maximum Gasteiger partial charge on any atom is 0.231 e. The molecule has 1 aromatic rings. The Kier molecular flexibility index (Phi) is 5.14. The monoisotopic (exact) mass is 280 g/mol. The molecule has 1 aliphatic rings. The topological polar surface area (TPSA) is 68.2 Å². The summed E-state index contributed by atoms with van der Waals surface area (Å²) in [6.07, 6.45) is 6.38. The summed E-state index contributed by atoms with van der Waals surface area (Å²) in [7, 11) is 1.66. The van der Waals surface area contributed by atoms with E-state index in [4.69, 9.17) is 4.74 Å². The van der Waals surface area contributed by atoms with Crippen molar-refractivity contribution in [2.24, 2.45) is 5.41 Å². The Labute approximate surface area is 119 Å². The van der Waals surface area contributed by atoms with Crippen molar-refractivity contribution in [2.75, 3.05) is 32.1 Å². The molecule has 0 saturated carbocycles. The second-order valence-corrected chi connectivity index (χ2v) is 5.35. The van der Waals surface area contributed by atoms with E-state index in [-0.39, 0.29) is 11.3 Å². The standard InChI is InChI=1S/C14H24N4O2/c1-3-14(5-4-6-15-11-14)13(19)17-12-9-16-18(10-12)7-8-20-2/h9-10,15H,3-8,11H2,1-2H3,(H,17,19). The first-order valence-corrected chi connectivity index (χ1v) is 7.24. The first-order chi connectivity index (χ1) is 9.70. The Bertz CT molecular complexity index is 438. The van der Waals surface area contributed by atoms with Crippen LogP contribution in [0, 0.1) is 5.41 Å². The average Bonchev–Trinajstić information content (AvgIpc) is 2.93. The van der Waals surface area contributed by atoms with E-state index in [1.807, 2.05) is 6.20 Å². The molecule has 112 valence electrons. The van der Waals surface area contributed by atoms with Crippen LogP contribution >= 0.6 is 0 Å². The summed E-state index contributed by atoms with van der Waals surface area (Å²) in [6, 6.07) is 0. The third kappa shape index (κ3) is 3.37. The van der Waals surface area contributed by atoms with Gasteiger partial charge in [-0.2, -0.15) is 5.10 Å². The largest absolute Gasteiger partial charge is 0.383 e. The zero-order valence-corrected chi connectivity index (χ0v) is 12.3. The van der Waals surface area contributed by atoms with Crippen molar-refractivity contribution in [3.05, 3.63) is 12.4 Å². The van der Waals surface area contributed by atoms with E-state index in [1.165, 1.54) is 0 Å². The zero-order valence-electron chi connectivity index (χ0n) is 12.3. The summed E-state index contributed by atoms with van der Waals surface area (Å²) in [5, 5.41) is 10.5. The lowest BCUT2D eigenvalue weighted by molar-refractivity contribution is -0.126. The molecule has 6 nitrogen and oxygen atoms in total. The van der Waals surface area contributed by atoms with Crippen LogP contribution in [0.5, 0.6) is 0 Å². The van der Waals surface area contributed by atoms with Gasteiger partial charge in [0.2, 0.25) is 5.91 Å². The minimum absolute atomic E-state index is 0.0958. The lowest BCUT2D eigenvalue weighted by Crippen LogP contribution is -2.47. The number of carbonyl (C=O) groups excluding carboxylic acids is 1. The highest BCUT2D eigenvalue weighted by molar-refractivity contribution is 5.95. The maximum atomic E-state index is 12.5. The molecule has 1 fully saturated rings. The Morgan fingerprint density at radius 3 is 3.15 bits per heavy atom. The van der Waals surface area contributed by atoms with Gasteiger partial charge in [-0.15, -0.1) is 0 Å². The molecule has 20 heavy (non-hydrogen) atoms. The van der Waals surface area contributed by atoms with Gasteiger partial charge in [0.05, 0.1) is 30.5 Å². The molecule has 1 saturated heterocycles. The summed E-state index contributed by atoms with van der Waals surface area (Å²) in [5.41, 5.74) is 0.469. The fourth-order valence-corrected chi connectivity index (χ4v) is 2.62. The number of carbonyl (C=O) groups is 1. The Hall–Kier alpha value is -1.40. The highest BCUT2D eigenvalue weighted by Gasteiger charge is 2.37. The second kappa shape index (κ2) is 6.85. The van der Waals surface area contributed by atoms with E-state index in [1.54, 1.807) is 18.0 Å². The van der Waals surface area contributed by atoms with Crippen molar-refractivity contribution in [3.8, 4) is 0 Å². The Morgan fingerprint density at radius 2 is 2.50 bits per heavy atom. The smallest absolute Gasteiger partial charge is 0.231 e. The van der Waals surface area contributed by atoms with Crippen molar-refractivity contribution in [1.29, 1.82) is 0 Å². The number of methoxy groups -OCH3 is 1. The van der Waals surface area contributed by atoms with E-state index in [0.29, 0.717) is 13.2 Å². The van der Waals surface area contributed by atoms with Crippen LogP contribution in [-0.4, -0.2) is 42.5 Å². The number of piperidine rings is 1. The van der Waals surface area contributed by atoms with E-state index >= 15 is 0 Å². The summed E-state index contributed by atoms with van der Waals surface area (Å²) in [4.78, 5) is 12.5. The number of hydrogen-bond donors (Lipinski definition) is 2. The molecule has 0 spiro atoms.